The number of aliphatic hydroxyl groups is 1. The van der Waals surface area contributed by atoms with Gasteiger partial charge in [-0.2, -0.15) is 13.2 Å². The number of ether oxygens (including phenoxy) is 1. The van der Waals surface area contributed by atoms with E-state index in [1.165, 1.54) is 25.3 Å². The second kappa shape index (κ2) is 7.25. The molecular weight excluding hydrogens is 383 g/mol. The van der Waals surface area contributed by atoms with Crippen LogP contribution in [0.4, 0.5) is 13.2 Å². The van der Waals surface area contributed by atoms with Crippen LogP contribution in [0.2, 0.25) is 5.02 Å². The van der Waals surface area contributed by atoms with Gasteiger partial charge in [0.05, 0.1) is 18.2 Å². The number of para-hydroxylation sites is 1. The van der Waals surface area contributed by atoms with E-state index in [1.807, 2.05) is 0 Å². The van der Waals surface area contributed by atoms with Crippen molar-refractivity contribution in [2.24, 2.45) is 0 Å². The third-order valence-corrected chi connectivity index (χ3v) is 4.48. The van der Waals surface area contributed by atoms with Crippen LogP contribution in [-0.2, 0) is 12.6 Å². The minimum absolute atomic E-state index is 0.0352. The molecule has 0 unspecified atom stereocenters. The van der Waals surface area contributed by atoms with Crippen molar-refractivity contribution in [3.05, 3.63) is 62.9 Å². The van der Waals surface area contributed by atoms with Gasteiger partial charge < -0.3 is 14.8 Å². The molecule has 3 aromatic rings. The van der Waals surface area contributed by atoms with E-state index in [0.717, 1.165) is 6.07 Å². The Morgan fingerprint density at radius 2 is 1.96 bits per heavy atom. The van der Waals surface area contributed by atoms with Crippen LogP contribution < -0.4 is 10.3 Å². The fraction of sp³-hybridized carbons (Fsp3) is 0.211. The molecule has 0 spiro atoms. The highest BCUT2D eigenvalue weighted by Gasteiger charge is 2.34. The molecule has 0 aliphatic carbocycles. The van der Waals surface area contributed by atoms with Gasteiger partial charge in [-0.25, -0.2) is 0 Å². The van der Waals surface area contributed by atoms with Crippen LogP contribution >= 0.6 is 11.6 Å². The number of nitrogens with one attached hydrogen (secondary N) is 1. The molecule has 0 fully saturated rings. The Balaban J connectivity index is 2.52. The van der Waals surface area contributed by atoms with E-state index in [4.69, 9.17) is 16.3 Å². The van der Waals surface area contributed by atoms with Gasteiger partial charge >= 0.3 is 6.18 Å². The molecule has 0 aliphatic rings. The number of hydrogen-bond acceptors (Lipinski definition) is 3. The Kier molecular flexibility index (Phi) is 5.17. The Hall–Kier alpha value is -2.51. The molecule has 3 rings (SSSR count). The molecule has 142 valence electrons. The molecule has 0 atom stereocenters. The molecule has 2 aromatic carbocycles. The summed E-state index contributed by atoms with van der Waals surface area (Å²) in [6.07, 6.45) is -4.68. The maximum absolute atomic E-state index is 13.4. The normalized spacial score (nSPS) is 11.8. The number of methoxy groups -OCH3 is 1. The first kappa shape index (κ1) is 19.3. The molecule has 0 radical (unpaired) electrons. The minimum atomic E-state index is -4.64. The lowest BCUT2D eigenvalue weighted by atomic mass is 9.93. The van der Waals surface area contributed by atoms with E-state index in [1.54, 1.807) is 12.1 Å². The van der Waals surface area contributed by atoms with Gasteiger partial charge in [-0.05, 0) is 24.3 Å². The van der Waals surface area contributed by atoms with Crippen LogP contribution in [0.3, 0.4) is 0 Å². The number of aromatic amines is 1. The van der Waals surface area contributed by atoms with Gasteiger partial charge in [0.2, 0.25) is 0 Å². The summed E-state index contributed by atoms with van der Waals surface area (Å²) in [6.45, 7) is -0.344. The Labute approximate surface area is 157 Å². The third kappa shape index (κ3) is 3.52. The van der Waals surface area contributed by atoms with Crippen molar-refractivity contribution in [1.29, 1.82) is 0 Å². The molecular formula is C19H15ClF3NO3. The van der Waals surface area contributed by atoms with Gasteiger partial charge in [-0.15, -0.1) is 0 Å². The zero-order valence-corrected chi connectivity index (χ0v) is 14.9. The van der Waals surface area contributed by atoms with Crippen molar-refractivity contribution < 1.29 is 23.0 Å². The topological polar surface area (TPSA) is 62.3 Å². The van der Waals surface area contributed by atoms with Crippen molar-refractivity contribution in [1.82, 2.24) is 4.98 Å². The van der Waals surface area contributed by atoms with Gasteiger partial charge in [-0.3, -0.25) is 4.79 Å². The largest absolute Gasteiger partial charge is 0.496 e. The number of hydrogen-bond donors (Lipinski definition) is 2. The van der Waals surface area contributed by atoms with Gasteiger partial charge in [0.1, 0.15) is 5.75 Å². The number of fused-ring (bicyclic) bond motifs is 1. The fourth-order valence-corrected chi connectivity index (χ4v) is 3.30. The Bertz CT molecular complexity index is 1060. The molecule has 2 N–H and O–H groups in total. The third-order valence-electron chi connectivity index (χ3n) is 4.25. The summed E-state index contributed by atoms with van der Waals surface area (Å²) < 4.78 is 45.6. The average Bonchev–Trinajstić information content (AvgIpc) is 2.61. The van der Waals surface area contributed by atoms with Crippen LogP contribution in [-0.4, -0.2) is 23.8 Å². The molecule has 1 heterocycles. The molecule has 27 heavy (non-hydrogen) atoms. The number of rotatable bonds is 4. The summed E-state index contributed by atoms with van der Waals surface area (Å²) in [4.78, 5) is 14.9. The van der Waals surface area contributed by atoms with Gasteiger partial charge in [-0.1, -0.05) is 23.7 Å². The lowest BCUT2D eigenvalue weighted by molar-refractivity contribution is -0.136. The summed E-state index contributed by atoms with van der Waals surface area (Å²) in [6, 6.07) is 8.33. The van der Waals surface area contributed by atoms with E-state index in [2.05, 4.69) is 4.98 Å². The van der Waals surface area contributed by atoms with Crippen molar-refractivity contribution in [3.63, 3.8) is 0 Å². The van der Waals surface area contributed by atoms with Crippen LogP contribution in [0.5, 0.6) is 5.75 Å². The lowest BCUT2D eigenvalue weighted by Crippen LogP contribution is -2.18. The first-order chi connectivity index (χ1) is 12.8. The van der Waals surface area contributed by atoms with Gasteiger partial charge in [0.15, 0.2) is 0 Å². The lowest BCUT2D eigenvalue weighted by Gasteiger charge is -2.17. The van der Waals surface area contributed by atoms with Crippen LogP contribution in [0, 0.1) is 0 Å². The quantitative estimate of drug-likeness (QED) is 0.685. The summed E-state index contributed by atoms with van der Waals surface area (Å²) in [7, 11) is 1.41. The summed E-state index contributed by atoms with van der Waals surface area (Å²) in [5.41, 5.74) is -1.18. The SMILES string of the molecule is COc1ccc(Cl)cc1-c1c(CCO)c(=O)[nH]c2c(C(F)(F)F)cccc12. The standard InChI is InChI=1S/C19H15ClF3NO3/c1-27-15-6-5-10(20)9-13(15)16-11-3-2-4-14(19(21,22)23)17(11)24-18(26)12(16)7-8-25/h2-6,9,25H,7-8H2,1H3,(H,24,26). The molecule has 0 bridgehead atoms. The summed E-state index contributed by atoms with van der Waals surface area (Å²) in [5.74, 6) is 0.350. The molecule has 1 aromatic heterocycles. The van der Waals surface area contributed by atoms with Crippen LogP contribution in [0.25, 0.3) is 22.0 Å². The molecule has 0 saturated heterocycles. The maximum atomic E-state index is 13.4. The first-order valence-corrected chi connectivity index (χ1v) is 8.35. The van der Waals surface area contributed by atoms with E-state index < -0.39 is 17.3 Å². The van der Waals surface area contributed by atoms with Crippen LogP contribution in [0.15, 0.2) is 41.2 Å². The second-order valence-corrected chi connectivity index (χ2v) is 6.29. The van der Waals surface area contributed by atoms with Crippen molar-refractivity contribution >= 4 is 22.5 Å². The summed E-state index contributed by atoms with van der Waals surface area (Å²) in [5, 5.41) is 9.89. The van der Waals surface area contributed by atoms with E-state index in [-0.39, 0.29) is 35.1 Å². The first-order valence-electron chi connectivity index (χ1n) is 7.97. The fourth-order valence-electron chi connectivity index (χ4n) is 3.13. The monoisotopic (exact) mass is 397 g/mol. The highest BCUT2D eigenvalue weighted by molar-refractivity contribution is 6.31. The number of halogens is 4. The zero-order valence-electron chi connectivity index (χ0n) is 14.2. The number of aliphatic hydroxyl groups excluding tert-OH is 1. The number of benzene rings is 2. The Morgan fingerprint density at radius 1 is 1.22 bits per heavy atom. The number of pyridine rings is 1. The predicted octanol–water partition coefficient (Wildman–Crippen LogP) is 4.41. The number of aromatic nitrogens is 1. The van der Waals surface area contributed by atoms with Gasteiger partial charge in [0, 0.05) is 40.1 Å². The number of alkyl halides is 3. The molecule has 4 nitrogen and oxygen atoms in total. The zero-order chi connectivity index (χ0) is 19.8. The summed E-state index contributed by atoms with van der Waals surface area (Å²) >= 11 is 6.08. The van der Waals surface area contributed by atoms with E-state index in [9.17, 15) is 23.1 Å². The van der Waals surface area contributed by atoms with Crippen molar-refractivity contribution in [2.45, 2.75) is 12.6 Å². The van der Waals surface area contributed by atoms with E-state index in [0.29, 0.717) is 16.3 Å². The predicted molar refractivity (Wildman–Crippen MR) is 97.4 cm³/mol. The van der Waals surface area contributed by atoms with Gasteiger partial charge in [0.25, 0.3) is 5.56 Å². The molecule has 0 saturated carbocycles. The minimum Gasteiger partial charge on any atom is -0.496 e. The smallest absolute Gasteiger partial charge is 0.418 e. The Morgan fingerprint density at radius 3 is 2.59 bits per heavy atom. The average molecular weight is 398 g/mol. The number of H-pyrrole nitrogens is 1. The van der Waals surface area contributed by atoms with E-state index >= 15 is 0 Å². The van der Waals surface area contributed by atoms with Crippen molar-refractivity contribution in [3.8, 4) is 16.9 Å². The molecule has 0 amide bonds. The molecule has 0 aliphatic heterocycles. The highest BCUT2D eigenvalue weighted by Crippen LogP contribution is 2.41. The highest BCUT2D eigenvalue weighted by atomic mass is 35.5. The van der Waals surface area contributed by atoms with Crippen LogP contribution in [0.1, 0.15) is 11.1 Å². The maximum Gasteiger partial charge on any atom is 0.418 e. The molecule has 8 heteroatoms. The second-order valence-electron chi connectivity index (χ2n) is 5.85. The van der Waals surface area contributed by atoms with Crippen molar-refractivity contribution in [2.75, 3.05) is 13.7 Å².